The van der Waals surface area contributed by atoms with Crippen molar-refractivity contribution < 1.29 is 4.39 Å². The summed E-state index contributed by atoms with van der Waals surface area (Å²) in [6.45, 7) is 0. The van der Waals surface area contributed by atoms with Crippen LogP contribution in [0.3, 0.4) is 0 Å². The first-order valence-corrected chi connectivity index (χ1v) is 8.01. The number of aromatic nitrogens is 2. The van der Waals surface area contributed by atoms with E-state index in [1.807, 2.05) is 13.1 Å². The molecule has 110 valence electrons. The number of hydrogen-bond donors (Lipinski definition) is 1. The largest absolute Gasteiger partial charge is 0.373 e. The zero-order valence-electron chi connectivity index (χ0n) is 11.9. The summed E-state index contributed by atoms with van der Waals surface area (Å²) in [7, 11) is 1.87. The van der Waals surface area contributed by atoms with Crippen molar-refractivity contribution in [2.24, 2.45) is 0 Å². The van der Waals surface area contributed by atoms with Crippen LogP contribution in [-0.4, -0.2) is 17.0 Å². The van der Waals surface area contributed by atoms with Gasteiger partial charge in [0.15, 0.2) is 5.82 Å². The van der Waals surface area contributed by atoms with Crippen LogP contribution in [-0.2, 0) is 12.8 Å². The molecule has 0 amide bonds. The third-order valence-electron chi connectivity index (χ3n) is 3.85. The molecule has 0 fully saturated rings. The van der Waals surface area contributed by atoms with Gasteiger partial charge in [0, 0.05) is 23.9 Å². The fourth-order valence-electron chi connectivity index (χ4n) is 2.74. The van der Waals surface area contributed by atoms with E-state index in [1.54, 1.807) is 6.07 Å². The number of anilines is 1. The Labute approximate surface area is 132 Å². The van der Waals surface area contributed by atoms with Crippen molar-refractivity contribution in [2.75, 3.05) is 12.4 Å². The number of halogens is 2. The van der Waals surface area contributed by atoms with Crippen molar-refractivity contribution in [1.29, 1.82) is 0 Å². The van der Waals surface area contributed by atoms with E-state index >= 15 is 0 Å². The van der Waals surface area contributed by atoms with Gasteiger partial charge >= 0.3 is 0 Å². The fraction of sp³-hybridized carbons (Fsp3) is 0.375. The summed E-state index contributed by atoms with van der Waals surface area (Å²) in [5.41, 5.74) is 3.03. The molecule has 1 aromatic carbocycles. The van der Waals surface area contributed by atoms with Gasteiger partial charge in [0.1, 0.15) is 11.6 Å². The SMILES string of the molecule is CNc1nc(-c2ccc(Br)c(F)c2)nc2c1CCCCC2. The highest BCUT2D eigenvalue weighted by atomic mass is 79.9. The average Bonchev–Trinajstić information content (AvgIpc) is 2.74. The van der Waals surface area contributed by atoms with Crippen LogP contribution < -0.4 is 5.32 Å². The van der Waals surface area contributed by atoms with E-state index in [-0.39, 0.29) is 5.82 Å². The highest BCUT2D eigenvalue weighted by molar-refractivity contribution is 9.10. The predicted octanol–water partition coefficient (Wildman–Crippen LogP) is 4.36. The van der Waals surface area contributed by atoms with Gasteiger partial charge in [0.05, 0.1) is 4.47 Å². The summed E-state index contributed by atoms with van der Waals surface area (Å²) in [4.78, 5) is 9.27. The third-order valence-corrected chi connectivity index (χ3v) is 4.49. The highest BCUT2D eigenvalue weighted by Gasteiger charge is 2.17. The summed E-state index contributed by atoms with van der Waals surface area (Å²) < 4.78 is 14.2. The summed E-state index contributed by atoms with van der Waals surface area (Å²) >= 11 is 3.17. The van der Waals surface area contributed by atoms with Gasteiger partial charge < -0.3 is 5.32 Å². The first-order valence-electron chi connectivity index (χ1n) is 7.22. The van der Waals surface area contributed by atoms with Crippen LogP contribution in [0, 0.1) is 5.82 Å². The Bertz CT molecular complexity index is 673. The van der Waals surface area contributed by atoms with Crippen molar-refractivity contribution in [2.45, 2.75) is 32.1 Å². The molecule has 5 heteroatoms. The maximum atomic E-state index is 13.7. The van der Waals surface area contributed by atoms with E-state index < -0.39 is 0 Å². The molecule has 0 bridgehead atoms. The van der Waals surface area contributed by atoms with Gasteiger partial charge in [-0.2, -0.15) is 0 Å². The summed E-state index contributed by atoms with van der Waals surface area (Å²) in [5, 5.41) is 3.16. The van der Waals surface area contributed by atoms with Crippen LogP contribution in [0.1, 0.15) is 30.5 Å². The minimum atomic E-state index is -0.294. The molecule has 0 aliphatic heterocycles. The molecular formula is C16H17BrFN3. The maximum Gasteiger partial charge on any atom is 0.161 e. The Morgan fingerprint density at radius 3 is 2.71 bits per heavy atom. The summed E-state index contributed by atoms with van der Waals surface area (Å²) in [5.74, 6) is 1.17. The Hall–Kier alpha value is -1.49. The van der Waals surface area contributed by atoms with E-state index in [9.17, 15) is 4.39 Å². The lowest BCUT2D eigenvalue weighted by molar-refractivity contribution is 0.621. The van der Waals surface area contributed by atoms with Gasteiger partial charge in [-0.3, -0.25) is 0 Å². The molecule has 21 heavy (non-hydrogen) atoms. The van der Waals surface area contributed by atoms with Crippen LogP contribution in [0.4, 0.5) is 10.2 Å². The molecule has 1 N–H and O–H groups in total. The van der Waals surface area contributed by atoms with Crippen molar-refractivity contribution in [3.8, 4) is 11.4 Å². The minimum Gasteiger partial charge on any atom is -0.373 e. The average molecular weight is 350 g/mol. The van der Waals surface area contributed by atoms with Crippen molar-refractivity contribution in [3.05, 3.63) is 39.7 Å². The highest BCUT2D eigenvalue weighted by Crippen LogP contribution is 2.29. The summed E-state index contributed by atoms with van der Waals surface area (Å²) in [6.07, 6.45) is 5.54. The minimum absolute atomic E-state index is 0.294. The number of benzene rings is 1. The molecule has 0 saturated carbocycles. The molecular weight excluding hydrogens is 333 g/mol. The lowest BCUT2D eigenvalue weighted by Crippen LogP contribution is -2.07. The molecule has 1 aromatic heterocycles. The molecule has 0 unspecified atom stereocenters. The third kappa shape index (κ3) is 2.93. The number of nitrogens with one attached hydrogen (secondary N) is 1. The Kier molecular flexibility index (Phi) is 4.19. The van der Waals surface area contributed by atoms with Gasteiger partial charge in [-0.05, 0) is 59.8 Å². The fourth-order valence-corrected chi connectivity index (χ4v) is 2.99. The van der Waals surface area contributed by atoms with Crippen LogP contribution >= 0.6 is 15.9 Å². The normalized spacial score (nSPS) is 14.4. The van der Waals surface area contributed by atoms with Gasteiger partial charge in [-0.25, -0.2) is 14.4 Å². The van der Waals surface area contributed by atoms with Gasteiger partial charge in [0.2, 0.25) is 0 Å². The maximum absolute atomic E-state index is 13.7. The van der Waals surface area contributed by atoms with Gasteiger partial charge in [-0.1, -0.05) is 6.42 Å². The van der Waals surface area contributed by atoms with Crippen molar-refractivity contribution >= 4 is 21.7 Å². The van der Waals surface area contributed by atoms with Gasteiger partial charge in [-0.15, -0.1) is 0 Å². The van der Waals surface area contributed by atoms with E-state index in [0.717, 1.165) is 30.8 Å². The van der Waals surface area contributed by atoms with E-state index in [1.165, 1.54) is 24.5 Å². The molecule has 0 spiro atoms. The molecule has 1 aliphatic rings. The first-order chi connectivity index (χ1) is 10.2. The Balaban J connectivity index is 2.10. The zero-order valence-corrected chi connectivity index (χ0v) is 13.5. The topological polar surface area (TPSA) is 37.8 Å². The molecule has 3 nitrogen and oxygen atoms in total. The van der Waals surface area contributed by atoms with E-state index in [0.29, 0.717) is 15.9 Å². The molecule has 0 saturated heterocycles. The lowest BCUT2D eigenvalue weighted by atomic mass is 10.1. The number of nitrogens with zero attached hydrogens (tertiary/aromatic N) is 2. The van der Waals surface area contributed by atoms with Crippen LogP contribution in [0.2, 0.25) is 0 Å². The van der Waals surface area contributed by atoms with Crippen LogP contribution in [0.5, 0.6) is 0 Å². The lowest BCUT2D eigenvalue weighted by Gasteiger charge is -2.13. The number of aryl methyl sites for hydroxylation is 1. The second kappa shape index (κ2) is 6.10. The van der Waals surface area contributed by atoms with Crippen molar-refractivity contribution in [3.63, 3.8) is 0 Å². The zero-order chi connectivity index (χ0) is 14.8. The molecule has 1 heterocycles. The summed E-state index contributed by atoms with van der Waals surface area (Å²) in [6, 6.07) is 5.01. The monoisotopic (exact) mass is 349 g/mol. The second-order valence-corrected chi connectivity index (χ2v) is 6.11. The van der Waals surface area contributed by atoms with E-state index in [2.05, 4.69) is 31.2 Å². The van der Waals surface area contributed by atoms with E-state index in [4.69, 9.17) is 0 Å². The predicted molar refractivity (Wildman–Crippen MR) is 85.9 cm³/mol. The molecule has 3 rings (SSSR count). The smallest absolute Gasteiger partial charge is 0.161 e. The van der Waals surface area contributed by atoms with Gasteiger partial charge in [0.25, 0.3) is 0 Å². The molecule has 0 radical (unpaired) electrons. The number of rotatable bonds is 2. The standard InChI is InChI=1S/C16H17BrFN3/c1-19-16-11-5-3-2-4-6-14(11)20-15(21-16)10-7-8-12(17)13(18)9-10/h7-9H,2-6H2,1H3,(H,19,20,21). The number of fused-ring (bicyclic) bond motifs is 1. The van der Waals surface area contributed by atoms with Crippen LogP contribution in [0.15, 0.2) is 22.7 Å². The molecule has 1 aliphatic carbocycles. The number of hydrogen-bond acceptors (Lipinski definition) is 3. The Morgan fingerprint density at radius 2 is 1.95 bits per heavy atom. The molecule has 2 aromatic rings. The van der Waals surface area contributed by atoms with Crippen molar-refractivity contribution in [1.82, 2.24) is 9.97 Å². The quantitative estimate of drug-likeness (QED) is 0.818. The first kappa shape index (κ1) is 14.4. The Morgan fingerprint density at radius 1 is 1.14 bits per heavy atom. The van der Waals surface area contributed by atoms with Crippen LogP contribution in [0.25, 0.3) is 11.4 Å². The molecule has 0 atom stereocenters. The second-order valence-electron chi connectivity index (χ2n) is 5.26.